The average molecular weight is 1860 g/mol. The van der Waals surface area contributed by atoms with E-state index in [0.717, 1.165) is 75.3 Å². The van der Waals surface area contributed by atoms with Crippen LogP contribution in [-0.2, 0) is 107 Å². The van der Waals surface area contributed by atoms with Crippen LogP contribution in [0.3, 0.4) is 0 Å². The first kappa shape index (κ1) is 111. The summed E-state index contributed by atoms with van der Waals surface area (Å²) in [6.45, 7) is 4.48. The number of carbonyl (C=O) groups is 21. The predicted octanol–water partition coefficient (Wildman–Crippen LogP) is -3.68. The van der Waals surface area contributed by atoms with E-state index in [0.29, 0.717) is 50.0 Å². The van der Waals surface area contributed by atoms with Gasteiger partial charge in [0.25, 0.3) is 0 Å². The average Bonchev–Trinajstić information content (AvgIpc) is 1.69. The molecule has 17 amide bonds. The maximum Gasteiger partial charge on any atom is 0.329 e. The molecule has 1 aliphatic heterocycles. The fourth-order valence-corrected chi connectivity index (χ4v) is 14.0. The number of aliphatic carboxylic acids is 2. The summed E-state index contributed by atoms with van der Waals surface area (Å²) in [6, 6.07) is -9.78. The molecule has 1 aliphatic carbocycles. The number of Topliss-reactive ketones (excluding diaryl/α,β-unsaturated/α-hetero) is 1. The van der Waals surface area contributed by atoms with Gasteiger partial charge < -0.3 is 121 Å². The molecule has 44 nitrogen and oxygen atoms in total. The Balaban J connectivity index is 1.89. The summed E-state index contributed by atoms with van der Waals surface area (Å²) in [5, 5.41) is 65.9. The van der Waals surface area contributed by atoms with E-state index in [1.807, 2.05) is 18.2 Å². The van der Waals surface area contributed by atoms with E-state index in [9.17, 15) is 106 Å². The second-order valence-electron chi connectivity index (χ2n) is 32.5. The zero-order chi connectivity index (χ0) is 97.7. The predicted molar refractivity (Wildman–Crippen MR) is 477 cm³/mol. The van der Waals surface area contributed by atoms with E-state index >= 15 is 9.59 Å². The Morgan fingerprint density at radius 1 is 0.557 bits per heavy atom. The molecule has 4 rings (SSSR count). The molecule has 0 bridgehead atoms. The van der Waals surface area contributed by atoms with E-state index in [4.69, 9.17) is 16.2 Å². The van der Waals surface area contributed by atoms with Crippen molar-refractivity contribution >= 4 is 148 Å². The molecule has 1 heterocycles. The molecule has 2 aromatic rings. The molecule has 1 saturated heterocycles. The second-order valence-corrected chi connectivity index (χ2v) is 33.0. The molecular formula is C86H129N19O25S. The Morgan fingerprint density at radius 2 is 1.11 bits per heavy atom. The Labute approximate surface area is 764 Å². The third kappa shape index (κ3) is 39.7. The van der Waals surface area contributed by atoms with Gasteiger partial charge in [-0.2, -0.15) is 12.6 Å². The fourth-order valence-electron chi connectivity index (χ4n) is 13.8. The molecule has 2 aromatic carbocycles. The van der Waals surface area contributed by atoms with E-state index in [1.165, 1.54) is 45.2 Å². The number of hydrogen-bond acceptors (Lipinski definition) is 26. The van der Waals surface area contributed by atoms with Gasteiger partial charge in [0.05, 0.1) is 45.4 Å². The maximum absolute atomic E-state index is 15.1. The number of ketones is 1. The highest BCUT2D eigenvalue weighted by molar-refractivity contribution is 7.80. The molecule has 45 heteroatoms. The summed E-state index contributed by atoms with van der Waals surface area (Å²) in [7, 11) is 4.91. The summed E-state index contributed by atoms with van der Waals surface area (Å²) in [5.74, 6) is -25.8. The number of cyclic esters (lactones) is 1. The zero-order valence-electron chi connectivity index (χ0n) is 75.4. The van der Waals surface area contributed by atoms with Crippen LogP contribution < -0.4 is 91.2 Å². The second kappa shape index (κ2) is 57.4. The van der Waals surface area contributed by atoms with E-state index < -0.39 is 267 Å². The van der Waals surface area contributed by atoms with Crippen molar-refractivity contribution in [3.05, 3.63) is 71.3 Å². The number of carboxylic acids is 2. The van der Waals surface area contributed by atoms with Gasteiger partial charge in [0.2, 0.25) is 100 Å². The highest BCUT2D eigenvalue weighted by Crippen LogP contribution is 2.31. The molecule has 724 valence electrons. The molecule has 1 unspecified atom stereocenters. The Bertz CT molecular complexity index is 4400. The molecule has 0 saturated carbocycles. The number of aliphatic hydroxyl groups is 1. The Hall–Kier alpha value is -12.7. The first-order valence-corrected chi connectivity index (χ1v) is 44.2. The summed E-state index contributed by atoms with van der Waals surface area (Å²) in [6.07, 6.45) is 2.22. The van der Waals surface area contributed by atoms with Gasteiger partial charge in [-0.15, -0.1) is 0 Å². The lowest BCUT2D eigenvalue weighted by Gasteiger charge is -2.30. The van der Waals surface area contributed by atoms with Crippen LogP contribution in [-0.4, -0.2) is 294 Å². The molecule has 1 fully saturated rings. The number of esters is 1. The van der Waals surface area contributed by atoms with E-state index in [2.05, 4.69) is 99.3 Å². The number of nitrogen functional groups attached to an aromatic ring is 1. The van der Waals surface area contributed by atoms with Crippen LogP contribution >= 0.6 is 12.6 Å². The van der Waals surface area contributed by atoms with Crippen molar-refractivity contribution < 1.29 is 121 Å². The number of para-hydroxylation sites is 1. The number of carbonyl (C=O) groups excluding carboxylic acids is 19. The van der Waals surface area contributed by atoms with Crippen molar-refractivity contribution in [1.29, 1.82) is 0 Å². The molecule has 14 atom stereocenters. The van der Waals surface area contributed by atoms with Crippen LogP contribution in [0.15, 0.2) is 54.6 Å². The van der Waals surface area contributed by atoms with Crippen molar-refractivity contribution in [1.82, 2.24) is 89.6 Å². The molecule has 0 aromatic heterocycles. The number of primary amides is 1. The number of allylic oxidation sites excluding steroid dienone is 1. The summed E-state index contributed by atoms with van der Waals surface area (Å²) in [4.78, 5) is 296. The Kier molecular flexibility index (Phi) is 48.5. The standard InChI is InChI=1S/C86H129N19O25S/c1-10-11-12-13-14-15-17-30-66(109)97-58(39-53-33-32-52-25-19-20-26-54(52)53)79(122)99-59(41-65(88)108)80(123)100-60(42-72(116)117)81(124)103-74-51(6)130-86(129)61(40-64(107)55-27-21-22-28-56(55)87)101-85(128)73(47(2)38-71(114)115)102-82(125)62(46-106)98-69(112)44-91-75(118)48(3)93-76(119)49(4)94-77(120)50(5)95-78(121)57(96-68(111)45-92-84(74)127)29-24-34-89-67(110)43-63(83(126)90-35-36-104(7)8)105(9)70(113)31-18-16-23-37-131/h19-22,25-28,33,47-51,57-63,73-74,106,131H,10-18,23-24,29-32,34-46,87H2,1-9H3,(H2,88,108)(H,89,110)(H,90,126)(H,91,118)(H,92,127)(H,93,119)(H,94,120)(H,95,121)(H,96,111)(H,97,109)(H,98,112)(H,99,122)(H,100,123)(H,101,128)(H,102,125)(H,103,124)(H,114,115)(H,116,117)/t47?,48-,49+,50-,51+,57-,58-,59+,60-,61-,62+,63-,73-,74-/m0/s1. The number of rotatable bonds is 44. The first-order chi connectivity index (χ1) is 62.0. The highest BCUT2D eigenvalue weighted by atomic mass is 32.1. The number of unbranched alkanes of at least 4 members (excludes halogenated alkanes) is 8. The maximum atomic E-state index is 15.1. The number of thiol groups is 1. The van der Waals surface area contributed by atoms with Crippen LogP contribution in [0, 0.1) is 5.92 Å². The quantitative estimate of drug-likeness (QED) is 0.00999. The smallest absolute Gasteiger partial charge is 0.329 e. The van der Waals surface area contributed by atoms with Crippen LogP contribution in [0.25, 0.3) is 5.57 Å². The Morgan fingerprint density at radius 3 is 1.73 bits per heavy atom. The van der Waals surface area contributed by atoms with E-state index in [-0.39, 0.29) is 50.0 Å². The van der Waals surface area contributed by atoms with Crippen LogP contribution in [0.1, 0.15) is 191 Å². The van der Waals surface area contributed by atoms with Gasteiger partial charge in [-0.05, 0) is 121 Å². The number of ether oxygens (including phenoxy) is 1. The molecule has 22 N–H and O–H groups in total. The third-order valence-corrected chi connectivity index (χ3v) is 21.7. The normalized spacial score (nSPS) is 20.6. The van der Waals surface area contributed by atoms with Gasteiger partial charge in [-0.25, -0.2) is 4.79 Å². The summed E-state index contributed by atoms with van der Waals surface area (Å²) in [5.41, 5.74) is 13.6. The number of likely N-dealkylation sites (N-methyl/N-ethyl adjacent to an activating group) is 2. The summed E-state index contributed by atoms with van der Waals surface area (Å²) >= 11 is 4.22. The number of aliphatic hydroxyl groups excluding tert-OH is 1. The van der Waals surface area contributed by atoms with Crippen molar-refractivity contribution in [3.63, 3.8) is 0 Å². The molecular weight excluding hydrogens is 1730 g/mol. The third-order valence-electron chi connectivity index (χ3n) is 21.3. The van der Waals surface area contributed by atoms with Gasteiger partial charge in [0.15, 0.2) is 5.78 Å². The van der Waals surface area contributed by atoms with Crippen LogP contribution in [0.5, 0.6) is 0 Å². The van der Waals surface area contributed by atoms with Crippen molar-refractivity contribution in [2.24, 2.45) is 11.7 Å². The number of carboxylic acid groups (broad SMARTS) is 2. The van der Waals surface area contributed by atoms with E-state index in [1.54, 1.807) is 31.1 Å². The SMILES string of the molecule is CCCCCCCCCC(=O)N[C@@H](CC1=CCc2ccccc21)C(=O)N[C@H](CC(N)=O)C(=O)N[C@@H](CC(=O)O)C(=O)N[C@@H]1C(=O)NCC(=O)N[C@@H](CCCNC(=O)C[C@@H](C(=O)NCCN(C)C)N(C)C(=O)CCCCCS)C(=O)N[C@@H](C)C(=O)N[C@H](C)C(=O)N[C@@H](C)C(=O)NCC(=O)N[C@H](CO)C(=O)N[C@@H](C(C)CC(=O)O)C(=O)N[C@@H](CC(=O)c2ccccc2N)C(=O)O[C@@H]1C. The number of benzene rings is 2. The molecule has 0 radical (unpaired) electrons. The number of anilines is 1. The number of nitrogens with zero attached hydrogens (tertiary/aromatic N) is 2. The lowest BCUT2D eigenvalue weighted by molar-refractivity contribution is -0.156. The molecule has 131 heavy (non-hydrogen) atoms. The fraction of sp³-hybridized carbons (Fsp3) is 0.593. The topological polar surface area (TPSA) is 667 Å². The van der Waals surface area contributed by atoms with Crippen LogP contribution in [0.2, 0.25) is 0 Å². The van der Waals surface area contributed by atoms with Gasteiger partial charge in [-0.3, -0.25) is 95.9 Å². The van der Waals surface area contributed by atoms with Crippen molar-refractivity contribution in [2.75, 3.05) is 72.0 Å². The number of amides is 17. The molecule has 2 aliphatic rings. The minimum absolute atomic E-state index is 0.00322. The van der Waals surface area contributed by atoms with Gasteiger partial charge in [0, 0.05) is 63.6 Å². The molecule has 0 spiro atoms. The zero-order valence-corrected chi connectivity index (χ0v) is 76.3. The number of nitrogens with one attached hydrogen (secondary N) is 15. The minimum atomic E-state index is -2.45. The highest BCUT2D eigenvalue weighted by Gasteiger charge is 2.41. The first-order valence-electron chi connectivity index (χ1n) is 43.6. The number of nitrogens with two attached hydrogens (primary N) is 2. The van der Waals surface area contributed by atoms with Crippen molar-refractivity contribution in [2.45, 2.75) is 255 Å². The minimum Gasteiger partial charge on any atom is -0.481 e. The van der Waals surface area contributed by atoms with Gasteiger partial charge >= 0.3 is 17.9 Å². The largest absolute Gasteiger partial charge is 0.481 e. The summed E-state index contributed by atoms with van der Waals surface area (Å²) < 4.78 is 5.78. The van der Waals surface area contributed by atoms with Crippen LogP contribution in [0.4, 0.5) is 5.69 Å². The number of hydrogen-bond donors (Lipinski definition) is 21. The van der Waals surface area contributed by atoms with Crippen molar-refractivity contribution in [3.8, 4) is 0 Å². The number of fused-ring (bicyclic) bond motifs is 1. The van der Waals surface area contributed by atoms with Gasteiger partial charge in [-0.1, -0.05) is 101 Å². The lowest BCUT2D eigenvalue weighted by atomic mass is 9.96. The van der Waals surface area contributed by atoms with Gasteiger partial charge in [0.1, 0.15) is 78.6 Å². The lowest BCUT2D eigenvalue weighted by Crippen LogP contribution is -2.61. The monoisotopic (exact) mass is 1860 g/mol.